The molecule has 0 aromatic heterocycles. The zero-order valence-electron chi connectivity index (χ0n) is 11.0. The van der Waals surface area contributed by atoms with E-state index in [9.17, 15) is 4.79 Å². The fourth-order valence-corrected chi connectivity index (χ4v) is 1.98. The standard InChI is InChI=1S/C13H24ClIO3/c14-7-3-1-2-4-8-17-10-11-18-9-5-6-13(16)12-15/h1-12H2. The second kappa shape index (κ2) is 15.7. The van der Waals surface area contributed by atoms with Gasteiger partial charge in [0.15, 0.2) is 0 Å². The SMILES string of the molecule is O=C(CI)CCCOCCOCCCCCCCl. The van der Waals surface area contributed by atoms with E-state index < -0.39 is 0 Å². The van der Waals surface area contributed by atoms with Crippen LogP contribution in [0.2, 0.25) is 0 Å². The van der Waals surface area contributed by atoms with Gasteiger partial charge in [-0.1, -0.05) is 35.4 Å². The Hall–Kier alpha value is 0.610. The molecule has 3 nitrogen and oxygen atoms in total. The van der Waals surface area contributed by atoms with Gasteiger partial charge in [-0.15, -0.1) is 11.6 Å². The summed E-state index contributed by atoms with van der Waals surface area (Å²) in [6.07, 6.45) is 6.02. The number of Topliss-reactive ketones (excluding diaryl/α,β-unsaturated/α-hetero) is 1. The van der Waals surface area contributed by atoms with Crippen LogP contribution in [0, 0.1) is 0 Å². The van der Waals surface area contributed by atoms with E-state index in [1.165, 1.54) is 12.8 Å². The van der Waals surface area contributed by atoms with Crippen LogP contribution in [0.3, 0.4) is 0 Å². The first-order valence-corrected chi connectivity index (χ1v) is 8.66. The monoisotopic (exact) mass is 390 g/mol. The lowest BCUT2D eigenvalue weighted by Crippen LogP contribution is -2.07. The van der Waals surface area contributed by atoms with Crippen LogP contribution in [0.4, 0.5) is 0 Å². The van der Waals surface area contributed by atoms with Gasteiger partial charge in [0.1, 0.15) is 5.78 Å². The van der Waals surface area contributed by atoms with Crippen LogP contribution in [-0.2, 0) is 14.3 Å². The molecule has 0 aromatic rings. The minimum atomic E-state index is 0.299. The Kier molecular flexibility index (Phi) is 16.2. The van der Waals surface area contributed by atoms with Crippen molar-refractivity contribution in [2.45, 2.75) is 38.5 Å². The average molecular weight is 391 g/mol. The maximum atomic E-state index is 11.0. The summed E-state index contributed by atoms with van der Waals surface area (Å²) in [6.45, 7) is 2.73. The van der Waals surface area contributed by atoms with Gasteiger partial charge in [-0.05, 0) is 19.3 Å². The van der Waals surface area contributed by atoms with E-state index in [1.54, 1.807) is 0 Å². The summed E-state index contributed by atoms with van der Waals surface area (Å²) >= 11 is 7.68. The van der Waals surface area contributed by atoms with Crippen LogP contribution in [0.5, 0.6) is 0 Å². The van der Waals surface area contributed by atoms with Gasteiger partial charge in [0.05, 0.1) is 17.6 Å². The first kappa shape index (κ1) is 18.6. The molecule has 0 aromatic carbocycles. The van der Waals surface area contributed by atoms with Gasteiger partial charge in [0.25, 0.3) is 0 Å². The van der Waals surface area contributed by atoms with Crippen molar-refractivity contribution in [3.05, 3.63) is 0 Å². The molecule has 0 aliphatic rings. The first-order valence-electron chi connectivity index (χ1n) is 6.60. The van der Waals surface area contributed by atoms with E-state index in [0.717, 1.165) is 31.7 Å². The number of rotatable bonds is 14. The lowest BCUT2D eigenvalue weighted by molar-refractivity contribution is -0.116. The molecule has 0 spiro atoms. The van der Waals surface area contributed by atoms with Crippen molar-refractivity contribution in [2.24, 2.45) is 0 Å². The maximum absolute atomic E-state index is 11.0. The molecule has 18 heavy (non-hydrogen) atoms. The molecule has 0 saturated carbocycles. The zero-order chi connectivity index (χ0) is 13.5. The highest BCUT2D eigenvalue weighted by Crippen LogP contribution is 2.01. The number of carbonyl (C=O) groups is 1. The third-order valence-electron chi connectivity index (χ3n) is 2.44. The lowest BCUT2D eigenvalue weighted by atomic mass is 10.2. The average Bonchev–Trinajstić information content (AvgIpc) is 2.39. The maximum Gasteiger partial charge on any atom is 0.142 e. The zero-order valence-corrected chi connectivity index (χ0v) is 13.9. The van der Waals surface area contributed by atoms with E-state index >= 15 is 0 Å². The molecule has 0 saturated heterocycles. The van der Waals surface area contributed by atoms with Crippen LogP contribution >= 0.6 is 34.2 Å². The molecule has 108 valence electrons. The van der Waals surface area contributed by atoms with Crippen molar-refractivity contribution in [1.29, 1.82) is 0 Å². The Balaban J connectivity index is 2.97. The third-order valence-corrected chi connectivity index (χ3v) is 3.56. The summed E-state index contributed by atoms with van der Waals surface area (Å²) in [7, 11) is 0. The predicted molar refractivity (Wildman–Crippen MR) is 84.0 cm³/mol. The van der Waals surface area contributed by atoms with Crippen molar-refractivity contribution >= 4 is 40.0 Å². The number of halogens is 2. The summed E-state index contributed by atoms with van der Waals surface area (Å²) in [6, 6.07) is 0. The van der Waals surface area contributed by atoms with Crippen LogP contribution in [0.25, 0.3) is 0 Å². The molecule has 5 heteroatoms. The summed E-state index contributed by atoms with van der Waals surface area (Å²) < 4.78 is 11.4. The topological polar surface area (TPSA) is 35.5 Å². The predicted octanol–water partition coefficient (Wildman–Crippen LogP) is 3.60. The van der Waals surface area contributed by atoms with Crippen LogP contribution < -0.4 is 0 Å². The molecule has 0 N–H and O–H groups in total. The molecule has 0 bridgehead atoms. The van der Waals surface area contributed by atoms with Crippen LogP contribution in [0.15, 0.2) is 0 Å². The minimum Gasteiger partial charge on any atom is -0.379 e. The second-order valence-electron chi connectivity index (χ2n) is 4.10. The second-order valence-corrected chi connectivity index (χ2v) is 5.24. The van der Waals surface area contributed by atoms with Gasteiger partial charge in [0, 0.05) is 25.5 Å². The van der Waals surface area contributed by atoms with Crippen molar-refractivity contribution in [3.63, 3.8) is 0 Å². The molecule has 0 radical (unpaired) electrons. The van der Waals surface area contributed by atoms with Crippen molar-refractivity contribution in [3.8, 4) is 0 Å². The highest BCUT2D eigenvalue weighted by atomic mass is 127. The fourth-order valence-electron chi connectivity index (χ4n) is 1.41. The first-order chi connectivity index (χ1) is 8.81. The summed E-state index contributed by atoms with van der Waals surface area (Å²) in [5, 5.41) is 0. The van der Waals surface area contributed by atoms with Gasteiger partial charge in [-0.25, -0.2) is 0 Å². The van der Waals surface area contributed by atoms with Gasteiger partial charge in [-0.2, -0.15) is 0 Å². The van der Waals surface area contributed by atoms with E-state index in [2.05, 4.69) is 22.6 Å². The smallest absolute Gasteiger partial charge is 0.142 e. The van der Waals surface area contributed by atoms with Gasteiger partial charge >= 0.3 is 0 Å². The number of ether oxygens (including phenoxy) is 2. The van der Waals surface area contributed by atoms with Gasteiger partial charge < -0.3 is 9.47 Å². The van der Waals surface area contributed by atoms with Gasteiger partial charge in [-0.3, -0.25) is 4.79 Å². The fraction of sp³-hybridized carbons (Fsp3) is 0.923. The lowest BCUT2D eigenvalue weighted by Gasteiger charge is -2.05. The van der Waals surface area contributed by atoms with Crippen LogP contribution in [-0.4, -0.2) is 42.5 Å². The number of alkyl halides is 2. The Labute approximate surface area is 129 Å². The number of hydrogen-bond donors (Lipinski definition) is 0. The summed E-state index contributed by atoms with van der Waals surface area (Å²) in [5.41, 5.74) is 0. The van der Waals surface area contributed by atoms with E-state index in [4.69, 9.17) is 21.1 Å². The normalized spacial score (nSPS) is 10.8. The number of unbranched alkanes of at least 4 members (excludes halogenated alkanes) is 3. The van der Waals surface area contributed by atoms with Gasteiger partial charge in [0.2, 0.25) is 0 Å². The molecule has 0 heterocycles. The minimum absolute atomic E-state index is 0.299. The summed E-state index contributed by atoms with van der Waals surface area (Å²) in [4.78, 5) is 11.0. The van der Waals surface area contributed by atoms with E-state index in [0.29, 0.717) is 36.5 Å². The third kappa shape index (κ3) is 14.7. The quantitative estimate of drug-likeness (QED) is 0.258. The largest absolute Gasteiger partial charge is 0.379 e. The summed E-state index contributed by atoms with van der Waals surface area (Å²) in [5.74, 6) is 1.06. The van der Waals surface area contributed by atoms with Crippen molar-refractivity contribution in [2.75, 3.05) is 36.7 Å². The van der Waals surface area contributed by atoms with Crippen molar-refractivity contribution in [1.82, 2.24) is 0 Å². The molecular formula is C13H24ClIO3. The highest BCUT2D eigenvalue weighted by molar-refractivity contribution is 14.1. The van der Waals surface area contributed by atoms with E-state index in [1.807, 2.05) is 0 Å². The molecule has 0 unspecified atom stereocenters. The Bertz CT molecular complexity index is 191. The molecule has 0 aliphatic heterocycles. The highest BCUT2D eigenvalue weighted by Gasteiger charge is 1.98. The Morgan fingerprint density at radius 2 is 1.50 bits per heavy atom. The molecule has 0 atom stereocenters. The molecular weight excluding hydrogens is 366 g/mol. The molecule has 0 rings (SSSR count). The molecule has 0 amide bonds. The number of carbonyl (C=O) groups excluding carboxylic acids is 1. The number of ketones is 1. The molecule has 0 fully saturated rings. The Morgan fingerprint density at radius 3 is 2.11 bits per heavy atom. The Morgan fingerprint density at radius 1 is 0.889 bits per heavy atom. The molecule has 0 aliphatic carbocycles. The van der Waals surface area contributed by atoms with Crippen LogP contribution in [0.1, 0.15) is 38.5 Å². The number of hydrogen-bond acceptors (Lipinski definition) is 3. The van der Waals surface area contributed by atoms with E-state index in [-0.39, 0.29) is 0 Å². The van der Waals surface area contributed by atoms with Crippen molar-refractivity contribution < 1.29 is 14.3 Å².